The lowest BCUT2D eigenvalue weighted by molar-refractivity contribution is -0.113. The average Bonchev–Trinajstić information content (AvgIpc) is 2.87. The van der Waals surface area contributed by atoms with E-state index in [1.807, 2.05) is 11.5 Å². The number of carbonyl (C=O) groups excluding carboxylic acids is 1. The lowest BCUT2D eigenvalue weighted by Crippen LogP contribution is -2.15. The van der Waals surface area contributed by atoms with Crippen LogP contribution < -0.4 is 5.32 Å². The van der Waals surface area contributed by atoms with Crippen LogP contribution in [0.3, 0.4) is 0 Å². The SMILES string of the molecule is CCc1nnc(SCC(=O)Nc2cc(Cl)cc(Cl)c2)n1C(C)C. The number of rotatable bonds is 6. The van der Waals surface area contributed by atoms with Gasteiger partial charge in [-0.1, -0.05) is 41.9 Å². The maximum absolute atomic E-state index is 12.1. The highest BCUT2D eigenvalue weighted by molar-refractivity contribution is 7.99. The van der Waals surface area contributed by atoms with Crippen LogP contribution in [0.15, 0.2) is 23.4 Å². The standard InChI is InChI=1S/C15H18Cl2N4OS/c1-4-13-19-20-15(21(13)9(2)3)23-8-14(22)18-12-6-10(16)5-11(17)7-12/h5-7,9H,4,8H2,1-3H3,(H,18,22). The molecule has 1 heterocycles. The highest BCUT2D eigenvalue weighted by Gasteiger charge is 2.15. The number of aryl methyl sites for hydroxylation is 1. The Labute approximate surface area is 149 Å². The molecule has 8 heteroatoms. The summed E-state index contributed by atoms with van der Waals surface area (Å²) in [6.45, 7) is 6.17. The monoisotopic (exact) mass is 372 g/mol. The van der Waals surface area contributed by atoms with E-state index in [0.717, 1.165) is 17.4 Å². The quantitative estimate of drug-likeness (QED) is 0.760. The minimum Gasteiger partial charge on any atom is -0.325 e. The number of benzene rings is 1. The Morgan fingerprint density at radius 2 is 1.91 bits per heavy atom. The number of nitrogens with one attached hydrogen (secondary N) is 1. The molecule has 0 aliphatic heterocycles. The summed E-state index contributed by atoms with van der Waals surface area (Å²) >= 11 is 13.2. The van der Waals surface area contributed by atoms with Crippen LogP contribution >= 0.6 is 35.0 Å². The predicted octanol–water partition coefficient (Wildman–Crippen LogP) is 4.46. The van der Waals surface area contributed by atoms with Gasteiger partial charge < -0.3 is 9.88 Å². The van der Waals surface area contributed by atoms with Crippen LogP contribution in [-0.4, -0.2) is 26.4 Å². The summed E-state index contributed by atoms with van der Waals surface area (Å²) in [5.74, 6) is 1.01. The molecule has 23 heavy (non-hydrogen) atoms. The number of thioether (sulfide) groups is 1. The molecule has 5 nitrogen and oxygen atoms in total. The molecule has 2 rings (SSSR count). The lowest BCUT2D eigenvalue weighted by atomic mass is 10.3. The molecule has 0 aliphatic rings. The minimum atomic E-state index is -0.148. The molecule has 0 radical (unpaired) electrons. The van der Waals surface area contributed by atoms with Crippen LogP contribution in [0.2, 0.25) is 10.0 Å². The van der Waals surface area contributed by atoms with Gasteiger partial charge in [-0.25, -0.2) is 0 Å². The van der Waals surface area contributed by atoms with E-state index in [9.17, 15) is 4.79 Å². The van der Waals surface area contributed by atoms with E-state index < -0.39 is 0 Å². The van der Waals surface area contributed by atoms with Crippen molar-refractivity contribution in [2.24, 2.45) is 0 Å². The molecule has 0 atom stereocenters. The zero-order chi connectivity index (χ0) is 17.0. The summed E-state index contributed by atoms with van der Waals surface area (Å²) < 4.78 is 2.05. The first-order valence-corrected chi connectivity index (χ1v) is 8.97. The van der Waals surface area contributed by atoms with Crippen molar-refractivity contribution >= 4 is 46.6 Å². The van der Waals surface area contributed by atoms with E-state index in [1.165, 1.54) is 11.8 Å². The molecule has 1 aromatic carbocycles. The van der Waals surface area contributed by atoms with Gasteiger partial charge in [-0.05, 0) is 32.0 Å². The fraction of sp³-hybridized carbons (Fsp3) is 0.400. The zero-order valence-corrected chi connectivity index (χ0v) is 15.5. The number of hydrogen-bond acceptors (Lipinski definition) is 4. The molecule has 0 fully saturated rings. The first-order chi connectivity index (χ1) is 10.9. The van der Waals surface area contributed by atoms with E-state index >= 15 is 0 Å². The van der Waals surface area contributed by atoms with Crippen molar-refractivity contribution in [3.8, 4) is 0 Å². The molecular formula is C15H18Cl2N4OS. The summed E-state index contributed by atoms with van der Waals surface area (Å²) in [6.07, 6.45) is 0.805. The van der Waals surface area contributed by atoms with Gasteiger partial charge in [0.1, 0.15) is 5.82 Å². The van der Waals surface area contributed by atoms with E-state index in [0.29, 0.717) is 15.7 Å². The van der Waals surface area contributed by atoms with Crippen molar-refractivity contribution in [1.82, 2.24) is 14.8 Å². The number of amides is 1. The van der Waals surface area contributed by atoms with Gasteiger partial charge >= 0.3 is 0 Å². The van der Waals surface area contributed by atoms with Crippen LogP contribution in [0.1, 0.15) is 32.6 Å². The Bertz CT molecular complexity index is 683. The lowest BCUT2D eigenvalue weighted by Gasteiger charge is -2.12. The van der Waals surface area contributed by atoms with Crippen molar-refractivity contribution in [2.45, 2.75) is 38.4 Å². The third-order valence-electron chi connectivity index (χ3n) is 3.05. The molecule has 0 unspecified atom stereocenters. The Balaban J connectivity index is 2.01. The van der Waals surface area contributed by atoms with Gasteiger partial charge in [0.25, 0.3) is 0 Å². The second-order valence-electron chi connectivity index (χ2n) is 5.21. The normalized spacial score (nSPS) is 11.0. The van der Waals surface area contributed by atoms with Gasteiger partial charge in [-0.3, -0.25) is 4.79 Å². The van der Waals surface area contributed by atoms with Crippen molar-refractivity contribution in [1.29, 1.82) is 0 Å². The molecular weight excluding hydrogens is 355 g/mol. The number of carbonyl (C=O) groups is 1. The maximum atomic E-state index is 12.1. The number of anilines is 1. The van der Waals surface area contributed by atoms with Gasteiger partial charge in [0.05, 0.1) is 5.75 Å². The van der Waals surface area contributed by atoms with E-state index in [2.05, 4.69) is 29.4 Å². The van der Waals surface area contributed by atoms with Crippen LogP contribution in [0, 0.1) is 0 Å². The molecule has 1 aromatic heterocycles. The number of hydrogen-bond donors (Lipinski definition) is 1. The van der Waals surface area contributed by atoms with Crippen LogP contribution in [0.5, 0.6) is 0 Å². The van der Waals surface area contributed by atoms with Gasteiger partial charge in [0.2, 0.25) is 5.91 Å². The summed E-state index contributed by atoms with van der Waals surface area (Å²) in [7, 11) is 0. The van der Waals surface area contributed by atoms with Crippen LogP contribution in [-0.2, 0) is 11.2 Å². The van der Waals surface area contributed by atoms with Gasteiger partial charge in [-0.15, -0.1) is 10.2 Å². The zero-order valence-electron chi connectivity index (χ0n) is 13.1. The first kappa shape index (κ1) is 18.1. The largest absolute Gasteiger partial charge is 0.325 e. The average molecular weight is 373 g/mol. The number of nitrogens with zero attached hydrogens (tertiary/aromatic N) is 3. The summed E-state index contributed by atoms with van der Waals surface area (Å²) in [6, 6.07) is 5.17. The first-order valence-electron chi connectivity index (χ1n) is 7.23. The fourth-order valence-electron chi connectivity index (χ4n) is 2.12. The summed E-state index contributed by atoms with van der Waals surface area (Å²) in [5, 5.41) is 12.8. The van der Waals surface area contributed by atoms with Gasteiger partial charge in [0, 0.05) is 28.2 Å². The Kier molecular flexibility index (Phi) is 6.33. The minimum absolute atomic E-state index is 0.148. The molecule has 0 bridgehead atoms. The third kappa shape index (κ3) is 4.86. The van der Waals surface area contributed by atoms with Crippen molar-refractivity contribution in [2.75, 3.05) is 11.1 Å². The second-order valence-corrected chi connectivity index (χ2v) is 7.03. The Hall–Kier alpha value is -1.24. The molecule has 0 saturated carbocycles. The fourth-order valence-corrected chi connectivity index (χ4v) is 3.53. The third-order valence-corrected chi connectivity index (χ3v) is 4.43. The van der Waals surface area contributed by atoms with Gasteiger partial charge in [-0.2, -0.15) is 0 Å². The van der Waals surface area contributed by atoms with E-state index in [1.54, 1.807) is 18.2 Å². The van der Waals surface area contributed by atoms with Crippen molar-refractivity contribution < 1.29 is 4.79 Å². The van der Waals surface area contributed by atoms with Gasteiger partial charge in [0.15, 0.2) is 5.16 Å². The number of aromatic nitrogens is 3. The Morgan fingerprint density at radius 3 is 2.48 bits per heavy atom. The summed E-state index contributed by atoms with van der Waals surface area (Å²) in [5.41, 5.74) is 0.577. The molecule has 1 amide bonds. The molecule has 1 N–H and O–H groups in total. The van der Waals surface area contributed by atoms with E-state index in [4.69, 9.17) is 23.2 Å². The van der Waals surface area contributed by atoms with Crippen LogP contribution in [0.4, 0.5) is 5.69 Å². The molecule has 0 saturated heterocycles. The van der Waals surface area contributed by atoms with Crippen LogP contribution in [0.25, 0.3) is 0 Å². The van der Waals surface area contributed by atoms with Crippen molar-refractivity contribution in [3.63, 3.8) is 0 Å². The topological polar surface area (TPSA) is 59.8 Å². The molecule has 0 aliphatic carbocycles. The van der Waals surface area contributed by atoms with Crippen molar-refractivity contribution in [3.05, 3.63) is 34.1 Å². The highest BCUT2D eigenvalue weighted by atomic mass is 35.5. The van der Waals surface area contributed by atoms with E-state index in [-0.39, 0.29) is 17.7 Å². The molecule has 2 aromatic rings. The molecule has 124 valence electrons. The maximum Gasteiger partial charge on any atom is 0.234 e. The number of halogens is 2. The predicted molar refractivity (Wildman–Crippen MR) is 95.6 cm³/mol. The second kappa shape index (κ2) is 8.04. The Morgan fingerprint density at radius 1 is 1.26 bits per heavy atom. The molecule has 0 spiro atoms. The highest BCUT2D eigenvalue weighted by Crippen LogP contribution is 2.24. The summed E-state index contributed by atoms with van der Waals surface area (Å²) in [4.78, 5) is 12.1. The smallest absolute Gasteiger partial charge is 0.234 e.